The van der Waals surface area contributed by atoms with Crippen molar-refractivity contribution in [1.82, 2.24) is 24.9 Å². The molecule has 2 aromatic heterocycles. The van der Waals surface area contributed by atoms with Gasteiger partial charge in [0, 0.05) is 30.6 Å². The maximum atomic E-state index is 12.4. The van der Waals surface area contributed by atoms with Gasteiger partial charge in [0.15, 0.2) is 0 Å². The molecule has 0 aliphatic heterocycles. The van der Waals surface area contributed by atoms with Crippen LogP contribution >= 0.6 is 0 Å². The predicted octanol–water partition coefficient (Wildman–Crippen LogP) is 1.35. The van der Waals surface area contributed by atoms with Gasteiger partial charge < -0.3 is 5.32 Å². The van der Waals surface area contributed by atoms with E-state index in [0.717, 1.165) is 36.2 Å². The third-order valence-corrected chi connectivity index (χ3v) is 4.51. The molecule has 0 radical (unpaired) electrons. The lowest BCUT2D eigenvalue weighted by atomic mass is 10.2. The normalized spacial score (nSPS) is 12.8. The van der Waals surface area contributed by atoms with Crippen LogP contribution in [0.2, 0.25) is 0 Å². The highest BCUT2D eigenvalue weighted by molar-refractivity contribution is 5.94. The van der Waals surface area contributed by atoms with Gasteiger partial charge in [-0.1, -0.05) is 6.07 Å². The molecule has 1 aliphatic rings. The van der Waals surface area contributed by atoms with E-state index in [0.29, 0.717) is 18.7 Å². The maximum absolute atomic E-state index is 12.4. The Bertz CT molecular complexity index is 991. The van der Waals surface area contributed by atoms with Gasteiger partial charge in [0.2, 0.25) is 0 Å². The summed E-state index contributed by atoms with van der Waals surface area (Å²) in [5, 5.41) is 11.4. The Morgan fingerprint density at radius 2 is 2.12 bits per heavy atom. The predicted molar refractivity (Wildman–Crippen MR) is 96.4 cm³/mol. The zero-order chi connectivity index (χ0) is 17.9. The first kappa shape index (κ1) is 16.3. The fraction of sp³-hybridized carbons (Fsp3) is 0.263. The molecule has 1 aliphatic carbocycles. The van der Waals surface area contributed by atoms with Crippen molar-refractivity contribution in [3.05, 3.63) is 76.0 Å². The van der Waals surface area contributed by atoms with E-state index in [1.54, 1.807) is 29.1 Å². The largest absolute Gasteiger partial charge is 0.350 e. The van der Waals surface area contributed by atoms with Crippen molar-refractivity contribution >= 4 is 5.91 Å². The molecule has 1 N–H and O–H groups in total. The smallest absolute Gasteiger partial charge is 0.267 e. The number of hydrogen-bond donors (Lipinski definition) is 1. The third-order valence-electron chi connectivity index (χ3n) is 4.51. The van der Waals surface area contributed by atoms with Crippen LogP contribution < -0.4 is 10.9 Å². The quantitative estimate of drug-likeness (QED) is 0.754. The molecule has 0 saturated heterocycles. The van der Waals surface area contributed by atoms with Gasteiger partial charge in [-0.3, -0.25) is 9.59 Å². The lowest BCUT2D eigenvalue weighted by molar-refractivity contribution is 0.0951. The summed E-state index contributed by atoms with van der Waals surface area (Å²) in [5.41, 5.74) is 3.32. The number of carbonyl (C=O) groups is 1. The third kappa shape index (κ3) is 3.28. The molecule has 0 saturated carbocycles. The maximum Gasteiger partial charge on any atom is 0.267 e. The average Bonchev–Trinajstić information content (AvgIpc) is 3.33. The van der Waals surface area contributed by atoms with Crippen molar-refractivity contribution in [2.24, 2.45) is 0 Å². The van der Waals surface area contributed by atoms with E-state index in [4.69, 9.17) is 0 Å². The highest BCUT2D eigenvalue weighted by Crippen LogP contribution is 2.16. The second-order valence-corrected chi connectivity index (χ2v) is 6.29. The summed E-state index contributed by atoms with van der Waals surface area (Å²) in [5.74, 6) is -0.187. The highest BCUT2D eigenvalue weighted by atomic mass is 16.2. The number of nitrogens with zero attached hydrogens (tertiary/aromatic N) is 4. The van der Waals surface area contributed by atoms with Crippen LogP contribution in [0.5, 0.6) is 0 Å². The molecule has 0 bridgehead atoms. The monoisotopic (exact) mass is 349 g/mol. The molecular formula is C19H19N5O2. The Hall–Kier alpha value is -3.22. The average molecular weight is 349 g/mol. The van der Waals surface area contributed by atoms with Crippen LogP contribution in [0.3, 0.4) is 0 Å². The lowest BCUT2D eigenvalue weighted by Crippen LogP contribution is -2.32. The van der Waals surface area contributed by atoms with Crippen molar-refractivity contribution in [3.63, 3.8) is 0 Å². The zero-order valence-corrected chi connectivity index (χ0v) is 14.3. The van der Waals surface area contributed by atoms with Gasteiger partial charge >= 0.3 is 0 Å². The lowest BCUT2D eigenvalue weighted by Gasteiger charge is -2.09. The second-order valence-electron chi connectivity index (χ2n) is 6.29. The summed E-state index contributed by atoms with van der Waals surface area (Å²) < 4.78 is 3.13. The van der Waals surface area contributed by atoms with Crippen LogP contribution in [-0.2, 0) is 19.4 Å². The summed E-state index contributed by atoms with van der Waals surface area (Å²) in [6, 6.07) is 10.7. The Morgan fingerprint density at radius 1 is 1.19 bits per heavy atom. The van der Waals surface area contributed by atoms with E-state index in [-0.39, 0.29) is 11.5 Å². The zero-order valence-electron chi connectivity index (χ0n) is 14.3. The molecule has 4 rings (SSSR count). The van der Waals surface area contributed by atoms with Gasteiger partial charge in [-0.2, -0.15) is 10.2 Å². The van der Waals surface area contributed by atoms with E-state index in [1.165, 1.54) is 4.68 Å². The first-order valence-corrected chi connectivity index (χ1v) is 8.69. The molecule has 0 fully saturated rings. The molecule has 0 spiro atoms. The minimum Gasteiger partial charge on any atom is -0.350 e. The topological polar surface area (TPSA) is 81.8 Å². The summed E-state index contributed by atoms with van der Waals surface area (Å²) in [6.07, 6.45) is 6.41. The number of carbonyl (C=O) groups excluding carboxylic acids is 1. The first-order chi connectivity index (χ1) is 12.7. The van der Waals surface area contributed by atoms with E-state index < -0.39 is 0 Å². The van der Waals surface area contributed by atoms with Crippen LogP contribution in [0.15, 0.2) is 53.6 Å². The highest BCUT2D eigenvalue weighted by Gasteiger charge is 2.14. The fourth-order valence-electron chi connectivity index (χ4n) is 3.19. The Morgan fingerprint density at radius 3 is 2.96 bits per heavy atom. The van der Waals surface area contributed by atoms with Gasteiger partial charge in [-0.25, -0.2) is 9.36 Å². The van der Waals surface area contributed by atoms with Gasteiger partial charge in [-0.05, 0) is 49.1 Å². The molecular weight excluding hydrogens is 330 g/mol. The van der Waals surface area contributed by atoms with Crippen molar-refractivity contribution in [2.75, 3.05) is 6.54 Å². The molecule has 132 valence electrons. The van der Waals surface area contributed by atoms with Gasteiger partial charge in [0.05, 0.1) is 17.9 Å². The summed E-state index contributed by atoms with van der Waals surface area (Å²) in [7, 11) is 0. The number of benzene rings is 1. The standard InChI is InChI=1S/C19H19N5O2/c25-18-13-14-4-2-7-17(14)22-24(18)11-9-20-19(26)15-5-1-6-16(12-15)23-10-3-8-21-23/h1,3,5-6,8,10,12-13H,2,4,7,9,11H2,(H,20,26). The molecule has 7 heteroatoms. The van der Waals surface area contributed by atoms with Crippen LogP contribution in [0.25, 0.3) is 5.69 Å². The van der Waals surface area contributed by atoms with Crippen LogP contribution in [0.4, 0.5) is 0 Å². The van der Waals surface area contributed by atoms with E-state index >= 15 is 0 Å². The van der Waals surface area contributed by atoms with Crippen LogP contribution in [0, 0.1) is 0 Å². The molecule has 3 aromatic rings. The number of amides is 1. The number of fused-ring (bicyclic) bond motifs is 1. The van der Waals surface area contributed by atoms with Crippen LogP contribution in [0.1, 0.15) is 28.0 Å². The molecule has 0 unspecified atom stereocenters. The van der Waals surface area contributed by atoms with E-state index in [9.17, 15) is 9.59 Å². The van der Waals surface area contributed by atoms with Crippen LogP contribution in [-0.4, -0.2) is 32.0 Å². The van der Waals surface area contributed by atoms with Crippen molar-refractivity contribution in [1.29, 1.82) is 0 Å². The molecule has 2 heterocycles. The van der Waals surface area contributed by atoms with Crippen molar-refractivity contribution < 1.29 is 4.79 Å². The summed E-state index contributed by atoms with van der Waals surface area (Å²) >= 11 is 0. The number of aromatic nitrogens is 4. The summed E-state index contributed by atoms with van der Waals surface area (Å²) in [6.45, 7) is 0.702. The molecule has 1 aromatic carbocycles. The van der Waals surface area contributed by atoms with Gasteiger partial charge in [-0.15, -0.1) is 0 Å². The summed E-state index contributed by atoms with van der Waals surface area (Å²) in [4.78, 5) is 24.5. The van der Waals surface area contributed by atoms with Gasteiger partial charge in [0.25, 0.3) is 11.5 Å². The Labute approximate surface area is 150 Å². The minimum absolute atomic E-state index is 0.111. The van der Waals surface area contributed by atoms with Crippen molar-refractivity contribution in [2.45, 2.75) is 25.8 Å². The number of aryl methyl sites for hydroxylation is 2. The van der Waals surface area contributed by atoms with Gasteiger partial charge in [0.1, 0.15) is 0 Å². The minimum atomic E-state index is -0.187. The van der Waals surface area contributed by atoms with E-state index in [1.807, 2.05) is 24.4 Å². The Kier molecular flexibility index (Phi) is 4.35. The fourth-order valence-corrected chi connectivity index (χ4v) is 3.19. The van der Waals surface area contributed by atoms with Crippen molar-refractivity contribution in [3.8, 4) is 5.69 Å². The molecule has 0 atom stereocenters. The number of hydrogen-bond acceptors (Lipinski definition) is 4. The molecule has 7 nitrogen and oxygen atoms in total. The molecule has 26 heavy (non-hydrogen) atoms. The SMILES string of the molecule is O=C(NCCn1nc2c(cc1=O)CCC2)c1cccc(-n2cccn2)c1. The van der Waals surface area contributed by atoms with E-state index in [2.05, 4.69) is 15.5 Å². The number of rotatable bonds is 5. The first-order valence-electron chi connectivity index (χ1n) is 8.69. The Balaban J connectivity index is 1.40. The molecule has 1 amide bonds. The number of nitrogens with one attached hydrogen (secondary N) is 1. The second kappa shape index (κ2) is 6.95.